The molecule has 0 atom stereocenters. The smallest absolute Gasteiger partial charge is 0.256 e. The van der Waals surface area contributed by atoms with E-state index in [1.807, 2.05) is 0 Å². The normalized spacial score (nSPS) is 12.8. The molecule has 1 aliphatic carbocycles. The number of carbonyl (C=O) groups is 1. The summed E-state index contributed by atoms with van der Waals surface area (Å²) >= 11 is 1.47. The Morgan fingerprint density at radius 1 is 1.30 bits per heavy atom. The number of anilines is 1. The predicted molar refractivity (Wildman–Crippen MR) is 75.4 cm³/mol. The van der Waals surface area contributed by atoms with E-state index >= 15 is 0 Å². The molecular formula is C15H11FN2OS. The van der Waals surface area contributed by atoms with Gasteiger partial charge in [-0.2, -0.15) is 5.26 Å². The van der Waals surface area contributed by atoms with Gasteiger partial charge in [0.2, 0.25) is 0 Å². The number of hydrogen-bond donors (Lipinski definition) is 1. The van der Waals surface area contributed by atoms with E-state index in [1.165, 1.54) is 40.5 Å². The fourth-order valence-electron chi connectivity index (χ4n) is 2.39. The van der Waals surface area contributed by atoms with E-state index in [0.717, 1.165) is 24.8 Å². The van der Waals surface area contributed by atoms with Crippen LogP contribution in [-0.4, -0.2) is 5.91 Å². The molecule has 100 valence electrons. The van der Waals surface area contributed by atoms with Crippen LogP contribution in [0.2, 0.25) is 0 Å². The van der Waals surface area contributed by atoms with E-state index in [0.29, 0.717) is 16.1 Å². The molecule has 0 saturated carbocycles. The molecule has 0 bridgehead atoms. The standard InChI is InChI=1S/C15H11FN2OS/c16-10-6-4-9(5-7-10)14(19)18-15-12(8-17)11-2-1-3-13(11)20-15/h4-7H,1-3H2,(H,18,19). The summed E-state index contributed by atoms with van der Waals surface area (Å²) in [4.78, 5) is 13.3. The monoisotopic (exact) mass is 286 g/mol. The van der Waals surface area contributed by atoms with Gasteiger partial charge in [-0.3, -0.25) is 4.79 Å². The number of nitrogens with zero attached hydrogens (tertiary/aromatic N) is 1. The lowest BCUT2D eigenvalue weighted by molar-refractivity contribution is 0.102. The van der Waals surface area contributed by atoms with Crippen LogP contribution in [0.4, 0.5) is 9.39 Å². The number of thiophene rings is 1. The Hall–Kier alpha value is -2.19. The minimum Gasteiger partial charge on any atom is -0.312 e. The Balaban J connectivity index is 1.87. The molecule has 1 aliphatic rings. The minimum atomic E-state index is -0.380. The molecule has 2 aromatic rings. The van der Waals surface area contributed by atoms with Crippen molar-refractivity contribution in [2.45, 2.75) is 19.3 Å². The summed E-state index contributed by atoms with van der Waals surface area (Å²) in [6.45, 7) is 0. The van der Waals surface area contributed by atoms with Crippen LogP contribution in [0.15, 0.2) is 24.3 Å². The Morgan fingerprint density at radius 3 is 2.75 bits per heavy atom. The highest BCUT2D eigenvalue weighted by Gasteiger charge is 2.23. The van der Waals surface area contributed by atoms with Crippen LogP contribution in [0.1, 0.15) is 32.8 Å². The summed E-state index contributed by atoms with van der Waals surface area (Å²) in [6, 6.07) is 7.52. The van der Waals surface area contributed by atoms with Gasteiger partial charge in [0, 0.05) is 10.4 Å². The molecule has 1 heterocycles. The van der Waals surface area contributed by atoms with E-state index in [1.54, 1.807) is 0 Å². The fourth-order valence-corrected chi connectivity index (χ4v) is 3.62. The van der Waals surface area contributed by atoms with E-state index in [-0.39, 0.29) is 11.7 Å². The van der Waals surface area contributed by atoms with Crippen LogP contribution >= 0.6 is 11.3 Å². The van der Waals surface area contributed by atoms with Gasteiger partial charge in [0.25, 0.3) is 5.91 Å². The largest absolute Gasteiger partial charge is 0.312 e. The number of halogens is 1. The predicted octanol–water partition coefficient (Wildman–Crippen LogP) is 3.50. The molecule has 0 fully saturated rings. The quantitative estimate of drug-likeness (QED) is 0.918. The van der Waals surface area contributed by atoms with Gasteiger partial charge in [-0.1, -0.05) is 0 Å². The third-order valence-corrected chi connectivity index (χ3v) is 4.57. The van der Waals surface area contributed by atoms with Crippen molar-refractivity contribution in [3.05, 3.63) is 51.7 Å². The first kappa shape index (κ1) is 12.8. The first-order valence-corrected chi connectivity index (χ1v) is 7.12. The lowest BCUT2D eigenvalue weighted by atomic mass is 10.1. The highest BCUT2D eigenvalue weighted by atomic mass is 32.1. The molecule has 1 aromatic carbocycles. The highest BCUT2D eigenvalue weighted by molar-refractivity contribution is 7.16. The molecule has 3 rings (SSSR count). The summed E-state index contributed by atoms with van der Waals surface area (Å²) in [5, 5.41) is 12.6. The summed E-state index contributed by atoms with van der Waals surface area (Å²) < 4.78 is 12.8. The van der Waals surface area contributed by atoms with Gasteiger partial charge in [0.1, 0.15) is 16.9 Å². The zero-order valence-corrected chi connectivity index (χ0v) is 11.4. The number of rotatable bonds is 2. The van der Waals surface area contributed by atoms with Gasteiger partial charge in [-0.25, -0.2) is 4.39 Å². The van der Waals surface area contributed by atoms with Gasteiger partial charge in [0.05, 0.1) is 5.56 Å². The van der Waals surface area contributed by atoms with Crippen LogP contribution in [-0.2, 0) is 12.8 Å². The van der Waals surface area contributed by atoms with Crippen LogP contribution in [0, 0.1) is 17.1 Å². The third-order valence-electron chi connectivity index (χ3n) is 3.37. The van der Waals surface area contributed by atoms with Gasteiger partial charge in [-0.05, 0) is 49.1 Å². The number of nitriles is 1. The number of carbonyl (C=O) groups excluding carboxylic acids is 1. The first-order valence-electron chi connectivity index (χ1n) is 6.30. The number of hydrogen-bond acceptors (Lipinski definition) is 3. The molecular weight excluding hydrogens is 275 g/mol. The van der Waals surface area contributed by atoms with Crippen molar-refractivity contribution < 1.29 is 9.18 Å². The molecule has 0 aliphatic heterocycles. The highest BCUT2D eigenvalue weighted by Crippen LogP contribution is 2.38. The van der Waals surface area contributed by atoms with Gasteiger partial charge < -0.3 is 5.32 Å². The zero-order chi connectivity index (χ0) is 14.1. The second-order valence-electron chi connectivity index (χ2n) is 4.63. The third kappa shape index (κ3) is 2.19. The fraction of sp³-hybridized carbons (Fsp3) is 0.200. The van der Waals surface area contributed by atoms with E-state index < -0.39 is 0 Å². The van der Waals surface area contributed by atoms with Crippen molar-refractivity contribution >= 4 is 22.2 Å². The molecule has 0 unspecified atom stereocenters. The zero-order valence-electron chi connectivity index (χ0n) is 10.6. The van der Waals surface area contributed by atoms with Crippen molar-refractivity contribution in [3.8, 4) is 6.07 Å². The SMILES string of the molecule is N#Cc1c(NC(=O)c2ccc(F)cc2)sc2c1CCC2. The molecule has 1 amide bonds. The second kappa shape index (κ2) is 5.06. The molecule has 1 N–H and O–H groups in total. The molecule has 3 nitrogen and oxygen atoms in total. The van der Waals surface area contributed by atoms with Crippen molar-refractivity contribution in [2.24, 2.45) is 0 Å². The minimum absolute atomic E-state index is 0.318. The maximum atomic E-state index is 12.8. The van der Waals surface area contributed by atoms with Crippen LogP contribution in [0.25, 0.3) is 0 Å². The van der Waals surface area contributed by atoms with Crippen molar-refractivity contribution in [3.63, 3.8) is 0 Å². The van der Waals surface area contributed by atoms with E-state index in [9.17, 15) is 14.4 Å². The van der Waals surface area contributed by atoms with Crippen LogP contribution < -0.4 is 5.32 Å². The first-order chi connectivity index (χ1) is 9.69. The average Bonchev–Trinajstić information content (AvgIpc) is 2.99. The second-order valence-corrected chi connectivity index (χ2v) is 5.74. The number of benzene rings is 1. The van der Waals surface area contributed by atoms with E-state index in [4.69, 9.17) is 0 Å². The number of amides is 1. The van der Waals surface area contributed by atoms with Crippen molar-refractivity contribution in [1.29, 1.82) is 5.26 Å². The Kier molecular flexibility index (Phi) is 3.25. The van der Waals surface area contributed by atoms with Crippen molar-refractivity contribution in [2.75, 3.05) is 5.32 Å². The Labute approximate surface area is 119 Å². The van der Waals surface area contributed by atoms with Gasteiger partial charge >= 0.3 is 0 Å². The topological polar surface area (TPSA) is 52.9 Å². The lowest BCUT2D eigenvalue weighted by Gasteiger charge is -2.04. The summed E-state index contributed by atoms with van der Waals surface area (Å²) in [7, 11) is 0. The van der Waals surface area contributed by atoms with E-state index in [2.05, 4.69) is 11.4 Å². The summed E-state index contributed by atoms with van der Waals surface area (Å²) in [5.74, 6) is -0.698. The molecule has 0 spiro atoms. The Morgan fingerprint density at radius 2 is 2.05 bits per heavy atom. The Bertz CT molecular complexity index is 713. The van der Waals surface area contributed by atoms with Gasteiger partial charge in [-0.15, -0.1) is 11.3 Å². The average molecular weight is 286 g/mol. The van der Waals surface area contributed by atoms with Crippen LogP contribution in [0.5, 0.6) is 0 Å². The molecule has 0 radical (unpaired) electrons. The summed E-state index contributed by atoms with van der Waals surface area (Å²) in [5.41, 5.74) is 2.04. The maximum Gasteiger partial charge on any atom is 0.256 e. The number of nitrogens with one attached hydrogen (secondary N) is 1. The van der Waals surface area contributed by atoms with Gasteiger partial charge in [0.15, 0.2) is 0 Å². The van der Waals surface area contributed by atoms with Crippen LogP contribution in [0.3, 0.4) is 0 Å². The molecule has 20 heavy (non-hydrogen) atoms. The molecule has 1 aromatic heterocycles. The molecule has 5 heteroatoms. The summed E-state index contributed by atoms with van der Waals surface area (Å²) in [6.07, 6.45) is 2.95. The van der Waals surface area contributed by atoms with Crippen molar-refractivity contribution in [1.82, 2.24) is 0 Å². The molecule has 0 saturated heterocycles. The number of fused-ring (bicyclic) bond motifs is 1. The number of aryl methyl sites for hydroxylation is 1. The lowest BCUT2D eigenvalue weighted by Crippen LogP contribution is -2.11. The maximum absolute atomic E-state index is 12.8.